The van der Waals surface area contributed by atoms with E-state index in [4.69, 9.17) is 0 Å². The summed E-state index contributed by atoms with van der Waals surface area (Å²) in [6.07, 6.45) is -3.70. The van der Waals surface area contributed by atoms with Crippen molar-refractivity contribution in [1.29, 1.82) is 0 Å². The van der Waals surface area contributed by atoms with E-state index in [-0.39, 0.29) is 6.42 Å². The third kappa shape index (κ3) is 5.04. The van der Waals surface area contributed by atoms with Gasteiger partial charge in [-0.2, -0.15) is 13.2 Å². The summed E-state index contributed by atoms with van der Waals surface area (Å²) in [6.45, 7) is 0.964. The van der Waals surface area contributed by atoms with Crippen molar-refractivity contribution in [3.05, 3.63) is 47.5 Å². The molecular formula is C13H15F3O. The minimum atomic E-state index is -4.35. The third-order valence-corrected chi connectivity index (χ3v) is 2.46. The Balaban J connectivity index is 2.48. The Morgan fingerprint density at radius 1 is 1.29 bits per heavy atom. The lowest BCUT2D eigenvalue weighted by Gasteiger charge is -2.10. The van der Waals surface area contributed by atoms with Crippen LogP contribution in [0, 0.1) is 0 Å². The van der Waals surface area contributed by atoms with Gasteiger partial charge in [0, 0.05) is 5.57 Å². The van der Waals surface area contributed by atoms with Crippen LogP contribution in [0.4, 0.5) is 13.2 Å². The molecule has 1 nitrogen and oxygen atoms in total. The molecule has 1 N–H and O–H groups in total. The molecule has 94 valence electrons. The van der Waals surface area contributed by atoms with E-state index >= 15 is 0 Å². The van der Waals surface area contributed by atoms with E-state index < -0.39 is 17.9 Å². The van der Waals surface area contributed by atoms with Crippen molar-refractivity contribution >= 4 is 0 Å². The molecular weight excluding hydrogens is 229 g/mol. The van der Waals surface area contributed by atoms with Gasteiger partial charge in [-0.25, -0.2) is 0 Å². The number of aliphatic hydroxyl groups is 1. The number of hydrogen-bond donors (Lipinski definition) is 1. The fourth-order valence-corrected chi connectivity index (χ4v) is 1.43. The van der Waals surface area contributed by atoms with Gasteiger partial charge in [0.05, 0.1) is 6.10 Å². The van der Waals surface area contributed by atoms with Crippen LogP contribution >= 0.6 is 0 Å². The van der Waals surface area contributed by atoms with Crippen LogP contribution in [0.25, 0.3) is 0 Å². The number of benzene rings is 1. The molecule has 0 aliphatic heterocycles. The summed E-state index contributed by atoms with van der Waals surface area (Å²) >= 11 is 0. The van der Waals surface area contributed by atoms with Crippen molar-refractivity contribution < 1.29 is 18.3 Å². The Hall–Kier alpha value is -1.29. The van der Waals surface area contributed by atoms with Gasteiger partial charge < -0.3 is 5.11 Å². The Kier molecular flexibility index (Phi) is 4.75. The maximum absolute atomic E-state index is 12.2. The normalized spacial score (nSPS) is 14.8. The fourth-order valence-electron chi connectivity index (χ4n) is 1.43. The molecule has 0 bridgehead atoms. The first kappa shape index (κ1) is 13.8. The second kappa shape index (κ2) is 5.87. The van der Waals surface area contributed by atoms with E-state index in [1.54, 1.807) is 0 Å². The number of rotatable bonds is 4. The summed E-state index contributed by atoms with van der Waals surface area (Å²) in [5.41, 5.74) is 0.252. The summed E-state index contributed by atoms with van der Waals surface area (Å²) in [5.74, 6) is 0. The zero-order valence-electron chi connectivity index (χ0n) is 9.54. The first-order valence-corrected chi connectivity index (χ1v) is 5.37. The molecule has 0 aliphatic rings. The highest BCUT2D eigenvalue weighted by atomic mass is 19.4. The number of hydrogen-bond acceptors (Lipinski definition) is 1. The smallest absolute Gasteiger partial charge is 0.389 e. The summed E-state index contributed by atoms with van der Waals surface area (Å²) in [4.78, 5) is 0. The zero-order chi connectivity index (χ0) is 12.9. The number of halogens is 3. The monoisotopic (exact) mass is 244 g/mol. The van der Waals surface area contributed by atoms with Crippen LogP contribution in [0.1, 0.15) is 18.9 Å². The SMILES string of the molecule is C/C(=C\C(O)CCc1ccccc1)C(F)(F)F. The third-order valence-electron chi connectivity index (χ3n) is 2.46. The molecule has 0 fully saturated rings. The topological polar surface area (TPSA) is 20.2 Å². The first-order valence-electron chi connectivity index (χ1n) is 5.37. The lowest BCUT2D eigenvalue weighted by molar-refractivity contribution is -0.0922. The predicted molar refractivity (Wildman–Crippen MR) is 60.6 cm³/mol. The van der Waals surface area contributed by atoms with Crippen LogP contribution in [-0.2, 0) is 6.42 Å². The molecule has 0 radical (unpaired) electrons. The second-order valence-corrected chi connectivity index (χ2v) is 3.94. The molecule has 4 heteroatoms. The highest BCUT2D eigenvalue weighted by Gasteiger charge is 2.30. The van der Waals surface area contributed by atoms with Crippen molar-refractivity contribution in [2.75, 3.05) is 0 Å². The summed E-state index contributed by atoms with van der Waals surface area (Å²) in [5, 5.41) is 9.47. The van der Waals surface area contributed by atoms with Crippen molar-refractivity contribution in [2.24, 2.45) is 0 Å². The Bertz CT molecular complexity index is 368. The van der Waals surface area contributed by atoms with Crippen LogP contribution in [-0.4, -0.2) is 17.4 Å². The van der Waals surface area contributed by atoms with E-state index in [1.807, 2.05) is 30.3 Å². The van der Waals surface area contributed by atoms with Crippen molar-refractivity contribution in [3.63, 3.8) is 0 Å². The highest BCUT2D eigenvalue weighted by molar-refractivity contribution is 5.15. The first-order chi connectivity index (χ1) is 7.89. The average molecular weight is 244 g/mol. The molecule has 0 aromatic heterocycles. The Morgan fingerprint density at radius 3 is 2.41 bits per heavy atom. The Morgan fingerprint density at radius 2 is 1.88 bits per heavy atom. The van der Waals surface area contributed by atoms with Crippen LogP contribution < -0.4 is 0 Å². The van der Waals surface area contributed by atoms with E-state index in [9.17, 15) is 18.3 Å². The molecule has 0 spiro atoms. The van der Waals surface area contributed by atoms with E-state index in [1.165, 1.54) is 0 Å². The molecule has 1 rings (SSSR count). The molecule has 0 saturated heterocycles. The fraction of sp³-hybridized carbons (Fsp3) is 0.385. The van der Waals surface area contributed by atoms with Gasteiger partial charge in [-0.05, 0) is 31.4 Å². The maximum atomic E-state index is 12.2. The van der Waals surface area contributed by atoms with Crippen LogP contribution in [0.2, 0.25) is 0 Å². The van der Waals surface area contributed by atoms with Gasteiger partial charge in [0.2, 0.25) is 0 Å². The van der Waals surface area contributed by atoms with Gasteiger partial charge in [-0.1, -0.05) is 30.3 Å². The maximum Gasteiger partial charge on any atom is 0.412 e. The minimum absolute atomic E-state index is 0.289. The Labute approximate surface area is 98.6 Å². The minimum Gasteiger partial charge on any atom is -0.389 e. The second-order valence-electron chi connectivity index (χ2n) is 3.94. The van der Waals surface area contributed by atoms with Gasteiger partial charge >= 0.3 is 6.18 Å². The largest absolute Gasteiger partial charge is 0.412 e. The molecule has 0 saturated carbocycles. The number of alkyl halides is 3. The average Bonchev–Trinajstić information content (AvgIpc) is 2.26. The van der Waals surface area contributed by atoms with Crippen LogP contribution in [0.3, 0.4) is 0 Å². The van der Waals surface area contributed by atoms with E-state index in [2.05, 4.69) is 0 Å². The zero-order valence-corrected chi connectivity index (χ0v) is 9.54. The quantitative estimate of drug-likeness (QED) is 0.804. The van der Waals surface area contributed by atoms with Gasteiger partial charge in [0.1, 0.15) is 0 Å². The summed E-state index contributed by atoms with van der Waals surface area (Å²) < 4.78 is 36.6. The number of aryl methyl sites for hydroxylation is 1. The van der Waals surface area contributed by atoms with E-state index in [0.717, 1.165) is 18.6 Å². The summed E-state index contributed by atoms with van der Waals surface area (Å²) in [7, 11) is 0. The van der Waals surface area contributed by atoms with Crippen LogP contribution in [0.5, 0.6) is 0 Å². The molecule has 1 aromatic carbocycles. The number of aliphatic hydroxyl groups excluding tert-OH is 1. The van der Waals surface area contributed by atoms with Gasteiger partial charge in [0.25, 0.3) is 0 Å². The lowest BCUT2D eigenvalue weighted by Crippen LogP contribution is -2.13. The molecule has 1 unspecified atom stereocenters. The van der Waals surface area contributed by atoms with Crippen molar-refractivity contribution in [1.82, 2.24) is 0 Å². The molecule has 0 heterocycles. The predicted octanol–water partition coefficient (Wildman–Crippen LogP) is 3.49. The standard InChI is InChI=1S/C13H15F3O/c1-10(13(14,15)16)9-12(17)8-7-11-5-3-2-4-6-11/h2-6,9,12,17H,7-8H2,1H3/b10-9+. The molecule has 1 aromatic rings. The van der Waals surface area contributed by atoms with Gasteiger partial charge in [-0.15, -0.1) is 0 Å². The molecule has 0 aliphatic carbocycles. The molecule has 0 amide bonds. The van der Waals surface area contributed by atoms with Gasteiger partial charge in [0.15, 0.2) is 0 Å². The van der Waals surface area contributed by atoms with E-state index in [0.29, 0.717) is 6.42 Å². The molecule has 17 heavy (non-hydrogen) atoms. The van der Waals surface area contributed by atoms with Crippen LogP contribution in [0.15, 0.2) is 42.0 Å². The molecule has 1 atom stereocenters. The highest BCUT2D eigenvalue weighted by Crippen LogP contribution is 2.25. The van der Waals surface area contributed by atoms with Crippen molar-refractivity contribution in [2.45, 2.75) is 32.0 Å². The lowest BCUT2D eigenvalue weighted by atomic mass is 10.1. The summed E-state index contributed by atoms with van der Waals surface area (Å²) in [6, 6.07) is 9.35. The number of allylic oxidation sites excluding steroid dienone is 1. The van der Waals surface area contributed by atoms with Crippen molar-refractivity contribution in [3.8, 4) is 0 Å². The van der Waals surface area contributed by atoms with Gasteiger partial charge in [-0.3, -0.25) is 0 Å².